The third-order valence-corrected chi connectivity index (χ3v) is 8.44. The quantitative estimate of drug-likeness (QED) is 0.601. The Morgan fingerprint density at radius 3 is 2.58 bits per heavy atom. The SMILES string of the molecule is CN=C(NCC1(N2CCOCC2)CCSC1)N1CCC2(CCCCC2)C1. The average molecular weight is 381 g/mol. The number of likely N-dealkylation sites (tertiary alicyclic amines) is 1. The Labute approximate surface area is 163 Å². The molecule has 1 unspecified atom stereocenters. The fourth-order valence-corrected chi connectivity index (χ4v) is 7.01. The first-order chi connectivity index (χ1) is 12.8. The van der Waals surface area contributed by atoms with E-state index in [1.807, 2.05) is 7.05 Å². The van der Waals surface area contributed by atoms with Gasteiger partial charge in [0.25, 0.3) is 0 Å². The molecule has 0 amide bonds. The van der Waals surface area contributed by atoms with Crippen LogP contribution in [0.25, 0.3) is 0 Å². The highest BCUT2D eigenvalue weighted by Crippen LogP contribution is 2.43. The third-order valence-electron chi connectivity index (χ3n) is 7.20. The zero-order valence-electron chi connectivity index (χ0n) is 16.5. The summed E-state index contributed by atoms with van der Waals surface area (Å²) >= 11 is 2.11. The lowest BCUT2D eigenvalue weighted by Crippen LogP contribution is -2.60. The van der Waals surface area contributed by atoms with E-state index in [0.717, 1.165) is 38.8 Å². The van der Waals surface area contributed by atoms with Gasteiger partial charge in [-0.1, -0.05) is 19.3 Å². The number of nitrogens with one attached hydrogen (secondary N) is 1. The third kappa shape index (κ3) is 3.88. The normalized spacial score (nSPS) is 33.1. The number of hydrogen-bond donors (Lipinski definition) is 1. The average Bonchev–Trinajstić information content (AvgIpc) is 3.33. The van der Waals surface area contributed by atoms with Crippen LogP contribution < -0.4 is 5.32 Å². The summed E-state index contributed by atoms with van der Waals surface area (Å²) in [5.74, 6) is 3.66. The Morgan fingerprint density at radius 2 is 1.88 bits per heavy atom. The highest BCUT2D eigenvalue weighted by Gasteiger charge is 2.43. The smallest absolute Gasteiger partial charge is 0.193 e. The molecule has 4 rings (SSSR count). The van der Waals surface area contributed by atoms with Crippen LogP contribution in [0.2, 0.25) is 0 Å². The van der Waals surface area contributed by atoms with Gasteiger partial charge in [-0.15, -0.1) is 0 Å². The highest BCUT2D eigenvalue weighted by molar-refractivity contribution is 7.99. The molecule has 1 aliphatic carbocycles. The Hall–Kier alpha value is -0.460. The number of morpholine rings is 1. The first kappa shape index (κ1) is 18.9. The van der Waals surface area contributed by atoms with E-state index in [0.29, 0.717) is 5.41 Å². The predicted octanol–water partition coefficient (Wildman–Crippen LogP) is 2.43. The lowest BCUT2D eigenvalue weighted by Gasteiger charge is -2.43. The van der Waals surface area contributed by atoms with Crippen molar-refractivity contribution in [2.75, 3.05) is 64.5 Å². The minimum Gasteiger partial charge on any atom is -0.379 e. The van der Waals surface area contributed by atoms with E-state index in [1.54, 1.807) is 0 Å². The van der Waals surface area contributed by atoms with Crippen LogP contribution in [-0.2, 0) is 4.74 Å². The fourth-order valence-electron chi connectivity index (χ4n) is 5.54. The molecule has 0 aromatic heterocycles. The molecule has 148 valence electrons. The predicted molar refractivity (Wildman–Crippen MR) is 110 cm³/mol. The van der Waals surface area contributed by atoms with Gasteiger partial charge in [-0.3, -0.25) is 9.89 Å². The Kier molecular flexibility index (Phi) is 6.01. The molecular weight excluding hydrogens is 344 g/mol. The van der Waals surface area contributed by atoms with E-state index < -0.39 is 0 Å². The van der Waals surface area contributed by atoms with E-state index in [4.69, 9.17) is 4.74 Å². The summed E-state index contributed by atoms with van der Waals surface area (Å²) in [6, 6.07) is 0. The van der Waals surface area contributed by atoms with Gasteiger partial charge in [0.1, 0.15) is 0 Å². The fraction of sp³-hybridized carbons (Fsp3) is 0.950. The molecule has 0 aromatic rings. The second-order valence-electron chi connectivity index (χ2n) is 8.76. The second kappa shape index (κ2) is 8.27. The Balaban J connectivity index is 1.37. The minimum absolute atomic E-state index is 0.284. The van der Waals surface area contributed by atoms with Crippen molar-refractivity contribution in [2.24, 2.45) is 10.4 Å². The molecule has 4 aliphatic rings. The van der Waals surface area contributed by atoms with Crippen molar-refractivity contribution >= 4 is 17.7 Å². The van der Waals surface area contributed by atoms with Crippen molar-refractivity contribution in [3.63, 3.8) is 0 Å². The first-order valence-electron chi connectivity index (χ1n) is 10.6. The van der Waals surface area contributed by atoms with E-state index >= 15 is 0 Å². The first-order valence-corrected chi connectivity index (χ1v) is 11.8. The monoisotopic (exact) mass is 380 g/mol. The molecule has 5 nitrogen and oxygen atoms in total. The highest BCUT2D eigenvalue weighted by atomic mass is 32.2. The second-order valence-corrected chi connectivity index (χ2v) is 9.86. The Morgan fingerprint density at radius 1 is 1.08 bits per heavy atom. The van der Waals surface area contributed by atoms with Crippen LogP contribution in [0.5, 0.6) is 0 Å². The van der Waals surface area contributed by atoms with Crippen molar-refractivity contribution in [1.29, 1.82) is 0 Å². The van der Waals surface area contributed by atoms with Crippen LogP contribution in [0.15, 0.2) is 4.99 Å². The molecule has 1 N–H and O–H groups in total. The molecule has 1 saturated carbocycles. The summed E-state index contributed by atoms with van der Waals surface area (Å²) in [6.07, 6.45) is 9.79. The Bertz CT molecular complexity index is 494. The van der Waals surface area contributed by atoms with Crippen molar-refractivity contribution in [3.05, 3.63) is 0 Å². The molecule has 1 atom stereocenters. The summed E-state index contributed by atoms with van der Waals surface area (Å²) in [6.45, 7) is 7.34. The number of thioether (sulfide) groups is 1. The summed E-state index contributed by atoms with van der Waals surface area (Å²) in [4.78, 5) is 9.89. The van der Waals surface area contributed by atoms with Gasteiger partial charge in [-0.05, 0) is 36.9 Å². The minimum atomic E-state index is 0.284. The van der Waals surface area contributed by atoms with Crippen LogP contribution in [0, 0.1) is 5.41 Å². The van der Waals surface area contributed by atoms with E-state index in [2.05, 4.69) is 31.9 Å². The van der Waals surface area contributed by atoms with Gasteiger partial charge in [0.05, 0.1) is 13.2 Å². The maximum absolute atomic E-state index is 5.60. The summed E-state index contributed by atoms with van der Waals surface area (Å²) < 4.78 is 5.60. The van der Waals surface area contributed by atoms with Gasteiger partial charge in [0, 0.05) is 51.1 Å². The number of rotatable bonds is 3. The molecule has 3 saturated heterocycles. The van der Waals surface area contributed by atoms with Gasteiger partial charge in [0.2, 0.25) is 0 Å². The van der Waals surface area contributed by atoms with E-state index in [-0.39, 0.29) is 5.54 Å². The van der Waals surface area contributed by atoms with Crippen molar-refractivity contribution in [3.8, 4) is 0 Å². The van der Waals surface area contributed by atoms with E-state index in [9.17, 15) is 0 Å². The van der Waals surface area contributed by atoms with Crippen LogP contribution in [-0.4, -0.2) is 85.8 Å². The molecule has 4 fully saturated rings. The van der Waals surface area contributed by atoms with Crippen molar-refractivity contribution in [2.45, 2.75) is 50.5 Å². The molecule has 26 heavy (non-hydrogen) atoms. The number of guanidine groups is 1. The van der Waals surface area contributed by atoms with Gasteiger partial charge in [-0.25, -0.2) is 0 Å². The maximum atomic E-state index is 5.60. The van der Waals surface area contributed by atoms with Gasteiger partial charge < -0.3 is 15.0 Å². The molecular formula is C20H36N4OS. The number of aliphatic imine (C=N–C) groups is 1. The van der Waals surface area contributed by atoms with E-state index in [1.165, 1.54) is 69.5 Å². The zero-order chi connectivity index (χ0) is 17.9. The van der Waals surface area contributed by atoms with Gasteiger partial charge in [0.15, 0.2) is 5.96 Å². The van der Waals surface area contributed by atoms with Crippen molar-refractivity contribution < 1.29 is 4.74 Å². The number of ether oxygens (including phenoxy) is 1. The molecule has 1 spiro atoms. The van der Waals surface area contributed by atoms with Crippen LogP contribution >= 0.6 is 11.8 Å². The molecule has 0 aromatic carbocycles. The molecule has 0 bridgehead atoms. The van der Waals surface area contributed by atoms with Gasteiger partial charge >= 0.3 is 0 Å². The van der Waals surface area contributed by atoms with Crippen molar-refractivity contribution in [1.82, 2.24) is 15.1 Å². The van der Waals surface area contributed by atoms with Crippen LogP contribution in [0.4, 0.5) is 0 Å². The number of nitrogens with zero attached hydrogens (tertiary/aromatic N) is 3. The lowest BCUT2D eigenvalue weighted by atomic mass is 9.73. The lowest BCUT2D eigenvalue weighted by molar-refractivity contribution is -0.0121. The largest absolute Gasteiger partial charge is 0.379 e. The maximum Gasteiger partial charge on any atom is 0.193 e. The standard InChI is InChI=1S/C20H36N4OS/c1-21-18(23-9-7-19(16-23)5-3-2-4-6-19)22-15-20(8-14-26-17-20)24-10-12-25-13-11-24/h2-17H2,1H3,(H,21,22). The summed E-state index contributed by atoms with van der Waals surface area (Å²) in [7, 11) is 1.96. The topological polar surface area (TPSA) is 40.1 Å². The van der Waals surface area contributed by atoms with Crippen LogP contribution in [0.1, 0.15) is 44.9 Å². The molecule has 3 aliphatic heterocycles. The molecule has 0 radical (unpaired) electrons. The summed E-state index contributed by atoms with van der Waals surface area (Å²) in [5.41, 5.74) is 0.869. The van der Waals surface area contributed by atoms with Crippen LogP contribution in [0.3, 0.4) is 0 Å². The summed E-state index contributed by atoms with van der Waals surface area (Å²) in [5, 5.41) is 3.79. The zero-order valence-corrected chi connectivity index (χ0v) is 17.3. The molecule has 6 heteroatoms. The molecule has 3 heterocycles. The van der Waals surface area contributed by atoms with Gasteiger partial charge in [-0.2, -0.15) is 11.8 Å². The number of hydrogen-bond acceptors (Lipinski definition) is 4.